The molecule has 0 bridgehead atoms. The summed E-state index contributed by atoms with van der Waals surface area (Å²) in [5.41, 5.74) is 7.22. The number of methoxy groups -OCH3 is 1. The van der Waals surface area contributed by atoms with Crippen LogP contribution in [0.15, 0.2) is 18.2 Å². The minimum absolute atomic E-state index is 0.0652. The molecule has 2 rings (SSSR count). The van der Waals surface area contributed by atoms with Gasteiger partial charge in [0.25, 0.3) is 0 Å². The summed E-state index contributed by atoms with van der Waals surface area (Å²) in [7, 11) is 1.66. The molecule has 2 N–H and O–H groups in total. The van der Waals surface area contributed by atoms with Gasteiger partial charge in [0.1, 0.15) is 17.6 Å². The monoisotopic (exact) mass is 221 g/mol. The van der Waals surface area contributed by atoms with Crippen molar-refractivity contribution in [3.63, 3.8) is 0 Å². The Bertz CT molecular complexity index is 365. The summed E-state index contributed by atoms with van der Waals surface area (Å²) in [6.07, 6.45) is 3.36. The minimum Gasteiger partial charge on any atom is -0.497 e. The van der Waals surface area contributed by atoms with Gasteiger partial charge in [0.15, 0.2) is 0 Å². The Labute approximate surface area is 96.5 Å². The number of benzene rings is 1. The van der Waals surface area contributed by atoms with Gasteiger partial charge in [0.2, 0.25) is 0 Å². The number of nitrogens with two attached hydrogens (primary N) is 1. The number of ether oxygens (including phenoxy) is 2. The SMILES string of the molecule is CCCC1C[C@@H](N)c2cc(OC)ccc2O1. The average Bonchev–Trinajstić information content (AvgIpc) is 2.29. The molecule has 0 aliphatic carbocycles. The Morgan fingerprint density at radius 1 is 1.50 bits per heavy atom. The maximum absolute atomic E-state index is 6.16. The zero-order chi connectivity index (χ0) is 11.5. The second kappa shape index (κ2) is 4.74. The zero-order valence-corrected chi connectivity index (χ0v) is 9.90. The molecule has 1 aliphatic rings. The number of hydrogen-bond acceptors (Lipinski definition) is 3. The van der Waals surface area contributed by atoms with Crippen molar-refractivity contribution < 1.29 is 9.47 Å². The second-order valence-corrected chi connectivity index (χ2v) is 4.27. The Kier molecular flexibility index (Phi) is 3.34. The van der Waals surface area contributed by atoms with E-state index >= 15 is 0 Å². The highest BCUT2D eigenvalue weighted by molar-refractivity contribution is 5.43. The molecular formula is C13H19NO2. The van der Waals surface area contributed by atoms with Crippen LogP contribution in [0.4, 0.5) is 0 Å². The Morgan fingerprint density at radius 3 is 3.00 bits per heavy atom. The maximum Gasteiger partial charge on any atom is 0.124 e. The van der Waals surface area contributed by atoms with Crippen LogP contribution < -0.4 is 15.2 Å². The summed E-state index contributed by atoms with van der Waals surface area (Å²) in [6, 6.07) is 5.91. The van der Waals surface area contributed by atoms with Gasteiger partial charge >= 0.3 is 0 Å². The van der Waals surface area contributed by atoms with Crippen LogP contribution in [-0.4, -0.2) is 13.2 Å². The van der Waals surface area contributed by atoms with Crippen molar-refractivity contribution in [1.29, 1.82) is 0 Å². The summed E-state index contributed by atoms with van der Waals surface area (Å²) >= 11 is 0. The van der Waals surface area contributed by atoms with Gasteiger partial charge in [-0.2, -0.15) is 0 Å². The molecule has 0 amide bonds. The lowest BCUT2D eigenvalue weighted by Gasteiger charge is -2.30. The summed E-state index contributed by atoms with van der Waals surface area (Å²) in [4.78, 5) is 0. The highest BCUT2D eigenvalue weighted by Gasteiger charge is 2.25. The molecule has 1 heterocycles. The third-order valence-electron chi connectivity index (χ3n) is 3.04. The van der Waals surface area contributed by atoms with Crippen LogP contribution in [-0.2, 0) is 0 Å². The van der Waals surface area contributed by atoms with Gasteiger partial charge < -0.3 is 15.2 Å². The van der Waals surface area contributed by atoms with Crippen LogP contribution in [0.1, 0.15) is 37.8 Å². The van der Waals surface area contributed by atoms with Gasteiger partial charge in [0.05, 0.1) is 7.11 Å². The van der Waals surface area contributed by atoms with Crippen LogP contribution in [0.2, 0.25) is 0 Å². The Hall–Kier alpha value is -1.22. The number of rotatable bonds is 3. The van der Waals surface area contributed by atoms with E-state index < -0.39 is 0 Å². The van der Waals surface area contributed by atoms with Crippen molar-refractivity contribution in [1.82, 2.24) is 0 Å². The fourth-order valence-corrected chi connectivity index (χ4v) is 2.19. The van der Waals surface area contributed by atoms with Gasteiger partial charge in [-0.3, -0.25) is 0 Å². The first-order valence-electron chi connectivity index (χ1n) is 5.84. The Morgan fingerprint density at radius 2 is 2.31 bits per heavy atom. The van der Waals surface area contributed by atoms with Gasteiger partial charge in [0, 0.05) is 18.0 Å². The van der Waals surface area contributed by atoms with Crippen molar-refractivity contribution in [2.45, 2.75) is 38.3 Å². The molecule has 0 saturated carbocycles. The maximum atomic E-state index is 6.16. The van der Waals surface area contributed by atoms with E-state index in [-0.39, 0.29) is 12.1 Å². The Balaban J connectivity index is 2.23. The number of fused-ring (bicyclic) bond motifs is 1. The van der Waals surface area contributed by atoms with Crippen LogP contribution in [0.5, 0.6) is 11.5 Å². The lowest BCUT2D eigenvalue weighted by Crippen LogP contribution is -2.29. The molecular weight excluding hydrogens is 202 g/mol. The van der Waals surface area contributed by atoms with Crippen molar-refractivity contribution in [3.8, 4) is 11.5 Å². The van der Waals surface area contributed by atoms with Gasteiger partial charge in [-0.1, -0.05) is 13.3 Å². The molecule has 0 spiro atoms. The molecule has 2 atom stereocenters. The molecule has 0 saturated heterocycles. The second-order valence-electron chi connectivity index (χ2n) is 4.27. The fourth-order valence-electron chi connectivity index (χ4n) is 2.19. The topological polar surface area (TPSA) is 44.5 Å². The molecule has 0 radical (unpaired) electrons. The van der Waals surface area contributed by atoms with E-state index in [1.165, 1.54) is 0 Å². The van der Waals surface area contributed by atoms with E-state index in [1.807, 2.05) is 18.2 Å². The van der Waals surface area contributed by atoms with E-state index in [1.54, 1.807) is 7.11 Å². The molecule has 16 heavy (non-hydrogen) atoms. The lowest BCUT2D eigenvalue weighted by atomic mass is 9.95. The quantitative estimate of drug-likeness (QED) is 0.853. The summed E-state index contributed by atoms with van der Waals surface area (Å²) < 4.78 is 11.1. The highest BCUT2D eigenvalue weighted by atomic mass is 16.5. The van der Waals surface area contributed by atoms with E-state index in [0.717, 1.165) is 36.3 Å². The molecule has 3 nitrogen and oxygen atoms in total. The average molecular weight is 221 g/mol. The van der Waals surface area contributed by atoms with Crippen molar-refractivity contribution in [2.24, 2.45) is 5.73 Å². The molecule has 1 aromatic carbocycles. The summed E-state index contributed by atoms with van der Waals surface area (Å²) in [5, 5.41) is 0. The van der Waals surface area contributed by atoms with Gasteiger partial charge in [-0.05, 0) is 24.6 Å². The summed E-state index contributed by atoms with van der Waals surface area (Å²) in [6.45, 7) is 2.17. The van der Waals surface area contributed by atoms with Crippen molar-refractivity contribution in [2.75, 3.05) is 7.11 Å². The number of hydrogen-bond donors (Lipinski definition) is 1. The normalized spacial score (nSPS) is 23.4. The molecule has 1 aromatic rings. The highest BCUT2D eigenvalue weighted by Crippen LogP contribution is 2.36. The predicted molar refractivity (Wildman–Crippen MR) is 63.9 cm³/mol. The third-order valence-corrected chi connectivity index (χ3v) is 3.04. The standard InChI is InChI=1S/C13H19NO2/c1-3-4-10-8-12(14)11-7-9(15-2)5-6-13(11)16-10/h5-7,10,12H,3-4,8,14H2,1-2H3/t10?,12-/m1/s1. The van der Waals surface area contributed by atoms with Crippen LogP contribution in [0.25, 0.3) is 0 Å². The van der Waals surface area contributed by atoms with Crippen LogP contribution in [0.3, 0.4) is 0 Å². The first kappa shape index (κ1) is 11.3. The van der Waals surface area contributed by atoms with E-state index in [2.05, 4.69) is 6.92 Å². The van der Waals surface area contributed by atoms with Crippen LogP contribution in [0, 0.1) is 0 Å². The lowest BCUT2D eigenvalue weighted by molar-refractivity contribution is 0.149. The summed E-state index contributed by atoms with van der Waals surface area (Å²) in [5.74, 6) is 1.75. The zero-order valence-electron chi connectivity index (χ0n) is 9.90. The first-order valence-corrected chi connectivity index (χ1v) is 5.84. The molecule has 1 aliphatic heterocycles. The molecule has 0 aromatic heterocycles. The van der Waals surface area contributed by atoms with E-state index in [9.17, 15) is 0 Å². The molecule has 88 valence electrons. The largest absolute Gasteiger partial charge is 0.497 e. The minimum atomic E-state index is 0.0652. The van der Waals surface area contributed by atoms with Crippen molar-refractivity contribution >= 4 is 0 Å². The van der Waals surface area contributed by atoms with Crippen molar-refractivity contribution in [3.05, 3.63) is 23.8 Å². The molecule has 3 heteroatoms. The predicted octanol–water partition coefficient (Wildman–Crippen LogP) is 2.65. The van der Waals surface area contributed by atoms with Gasteiger partial charge in [-0.15, -0.1) is 0 Å². The smallest absolute Gasteiger partial charge is 0.124 e. The van der Waals surface area contributed by atoms with E-state index in [4.69, 9.17) is 15.2 Å². The van der Waals surface area contributed by atoms with E-state index in [0.29, 0.717) is 0 Å². The fraction of sp³-hybridized carbons (Fsp3) is 0.538. The van der Waals surface area contributed by atoms with Gasteiger partial charge in [-0.25, -0.2) is 0 Å². The first-order chi connectivity index (χ1) is 7.74. The third kappa shape index (κ3) is 2.14. The molecule has 1 unspecified atom stereocenters. The molecule has 0 fully saturated rings. The van der Waals surface area contributed by atoms with Crippen LogP contribution >= 0.6 is 0 Å².